The van der Waals surface area contributed by atoms with Crippen molar-refractivity contribution in [3.05, 3.63) is 54.0 Å². The number of hydrogen-bond acceptors (Lipinski definition) is 3. The van der Waals surface area contributed by atoms with E-state index in [4.69, 9.17) is 9.72 Å². The molecule has 3 heterocycles. The number of imidazole rings is 1. The van der Waals surface area contributed by atoms with Gasteiger partial charge in [-0.2, -0.15) is 0 Å². The molecule has 0 radical (unpaired) electrons. The van der Waals surface area contributed by atoms with Crippen LogP contribution in [-0.2, 0) is 4.74 Å². The maximum atomic E-state index is 13.3. The number of benzene rings is 1. The molecule has 1 atom stereocenters. The molecule has 5 heteroatoms. The normalized spacial score (nSPS) is 17.5. The molecular weight excluding hydrogens is 305 g/mol. The van der Waals surface area contributed by atoms with Crippen LogP contribution in [-0.4, -0.2) is 28.6 Å². The van der Waals surface area contributed by atoms with E-state index in [2.05, 4.69) is 22.7 Å². The number of fused-ring (bicyclic) bond motifs is 1. The number of nitrogens with one attached hydrogen (secondary N) is 1. The van der Waals surface area contributed by atoms with Crippen LogP contribution in [0.15, 0.2) is 42.5 Å². The first-order chi connectivity index (χ1) is 11.7. The first-order valence-corrected chi connectivity index (χ1v) is 8.32. The standard InChI is InChI=1S/C19H20FN3O/c1-13-4-2-6-17-22-18(14-7-9-15(20)10-8-14)19(23(13)17)21-12-16-5-3-11-24-16/h2,4,6-10,16,21H,3,5,11-12H2,1H3. The third-order valence-corrected chi connectivity index (χ3v) is 4.48. The smallest absolute Gasteiger partial charge is 0.139 e. The molecule has 1 aromatic carbocycles. The van der Waals surface area contributed by atoms with E-state index < -0.39 is 0 Å². The van der Waals surface area contributed by atoms with Crippen LogP contribution in [0.3, 0.4) is 0 Å². The van der Waals surface area contributed by atoms with Gasteiger partial charge in [0, 0.05) is 24.4 Å². The van der Waals surface area contributed by atoms with Gasteiger partial charge in [0.2, 0.25) is 0 Å². The van der Waals surface area contributed by atoms with Gasteiger partial charge in [-0.25, -0.2) is 9.37 Å². The molecule has 0 saturated carbocycles. The summed E-state index contributed by atoms with van der Waals surface area (Å²) in [6.45, 7) is 3.64. The number of pyridine rings is 1. The van der Waals surface area contributed by atoms with Crippen LogP contribution < -0.4 is 5.32 Å². The molecule has 124 valence electrons. The molecule has 1 aliphatic rings. The Morgan fingerprint density at radius 3 is 2.83 bits per heavy atom. The fourth-order valence-electron chi connectivity index (χ4n) is 3.24. The number of rotatable bonds is 4. The van der Waals surface area contributed by atoms with Crippen LogP contribution in [0.25, 0.3) is 16.9 Å². The summed E-state index contributed by atoms with van der Waals surface area (Å²) in [5, 5.41) is 3.51. The minimum Gasteiger partial charge on any atom is -0.376 e. The molecule has 0 aliphatic carbocycles. The Morgan fingerprint density at radius 2 is 2.08 bits per heavy atom. The van der Waals surface area contributed by atoms with Crippen molar-refractivity contribution in [1.29, 1.82) is 0 Å². The van der Waals surface area contributed by atoms with Gasteiger partial charge >= 0.3 is 0 Å². The molecule has 1 unspecified atom stereocenters. The first kappa shape index (κ1) is 15.1. The highest BCUT2D eigenvalue weighted by molar-refractivity contribution is 5.76. The Hall–Kier alpha value is -2.40. The second-order valence-corrected chi connectivity index (χ2v) is 6.19. The maximum Gasteiger partial charge on any atom is 0.139 e. The summed E-state index contributed by atoms with van der Waals surface area (Å²) >= 11 is 0. The van der Waals surface area contributed by atoms with E-state index in [1.165, 1.54) is 12.1 Å². The second-order valence-electron chi connectivity index (χ2n) is 6.19. The third kappa shape index (κ3) is 2.76. The molecule has 2 aromatic heterocycles. The number of aromatic nitrogens is 2. The number of nitrogens with zero attached hydrogens (tertiary/aromatic N) is 2. The minimum atomic E-state index is -0.243. The van der Waals surface area contributed by atoms with Gasteiger partial charge in [0.1, 0.15) is 23.0 Å². The lowest BCUT2D eigenvalue weighted by Gasteiger charge is -2.14. The summed E-state index contributed by atoms with van der Waals surface area (Å²) < 4.78 is 21.1. The lowest BCUT2D eigenvalue weighted by atomic mass is 10.1. The Bertz CT molecular complexity index is 851. The van der Waals surface area contributed by atoms with Crippen LogP contribution in [0.1, 0.15) is 18.5 Å². The maximum absolute atomic E-state index is 13.3. The lowest BCUT2D eigenvalue weighted by Crippen LogP contribution is -2.19. The van der Waals surface area contributed by atoms with Gasteiger partial charge in [-0.1, -0.05) is 6.07 Å². The van der Waals surface area contributed by atoms with E-state index in [-0.39, 0.29) is 11.9 Å². The summed E-state index contributed by atoms with van der Waals surface area (Å²) in [6.07, 6.45) is 2.43. The van der Waals surface area contributed by atoms with Gasteiger partial charge in [-0.05, 0) is 56.2 Å². The van der Waals surface area contributed by atoms with E-state index in [1.807, 2.05) is 12.1 Å². The lowest BCUT2D eigenvalue weighted by molar-refractivity contribution is 0.120. The number of hydrogen-bond donors (Lipinski definition) is 1. The van der Waals surface area contributed by atoms with E-state index in [1.54, 1.807) is 12.1 Å². The molecule has 4 nitrogen and oxygen atoms in total. The fourth-order valence-corrected chi connectivity index (χ4v) is 3.24. The molecule has 1 N–H and O–H groups in total. The Morgan fingerprint density at radius 1 is 1.25 bits per heavy atom. The third-order valence-electron chi connectivity index (χ3n) is 4.48. The molecule has 24 heavy (non-hydrogen) atoms. The molecule has 0 bridgehead atoms. The topological polar surface area (TPSA) is 38.6 Å². The molecule has 0 amide bonds. The summed E-state index contributed by atoms with van der Waals surface area (Å²) in [5.74, 6) is 0.692. The van der Waals surface area contributed by atoms with Crippen LogP contribution in [0.5, 0.6) is 0 Å². The highest BCUT2D eigenvalue weighted by Gasteiger charge is 2.19. The fraction of sp³-hybridized carbons (Fsp3) is 0.316. The summed E-state index contributed by atoms with van der Waals surface area (Å²) in [7, 11) is 0. The van der Waals surface area contributed by atoms with Crippen molar-refractivity contribution in [1.82, 2.24) is 9.38 Å². The van der Waals surface area contributed by atoms with Crippen molar-refractivity contribution in [2.45, 2.75) is 25.9 Å². The van der Waals surface area contributed by atoms with Crippen LogP contribution in [0, 0.1) is 12.7 Å². The number of aryl methyl sites for hydroxylation is 1. The summed E-state index contributed by atoms with van der Waals surface area (Å²) in [6, 6.07) is 12.5. The molecule has 0 spiro atoms. The van der Waals surface area contributed by atoms with Gasteiger partial charge in [0.25, 0.3) is 0 Å². The monoisotopic (exact) mass is 325 g/mol. The van der Waals surface area contributed by atoms with Crippen molar-refractivity contribution in [2.75, 3.05) is 18.5 Å². The average Bonchev–Trinajstić information content (AvgIpc) is 3.21. The minimum absolute atomic E-state index is 0.237. The zero-order valence-corrected chi connectivity index (χ0v) is 13.6. The molecular formula is C19H20FN3O. The number of halogens is 1. The van der Waals surface area contributed by atoms with E-state index in [0.717, 1.165) is 54.4 Å². The number of ether oxygens (including phenoxy) is 1. The van der Waals surface area contributed by atoms with E-state index in [9.17, 15) is 4.39 Å². The zero-order valence-electron chi connectivity index (χ0n) is 13.6. The predicted molar refractivity (Wildman–Crippen MR) is 92.8 cm³/mol. The number of anilines is 1. The predicted octanol–water partition coefficient (Wildman–Crippen LogP) is 4.04. The van der Waals surface area contributed by atoms with Gasteiger partial charge in [0.05, 0.1) is 6.10 Å². The van der Waals surface area contributed by atoms with Crippen molar-refractivity contribution in [2.24, 2.45) is 0 Å². The van der Waals surface area contributed by atoms with Crippen molar-refractivity contribution in [3.63, 3.8) is 0 Å². The van der Waals surface area contributed by atoms with Crippen molar-refractivity contribution >= 4 is 11.5 Å². The van der Waals surface area contributed by atoms with Crippen LogP contribution >= 0.6 is 0 Å². The molecule has 3 aromatic rings. The van der Waals surface area contributed by atoms with E-state index in [0.29, 0.717) is 0 Å². The SMILES string of the molecule is Cc1cccc2nc(-c3ccc(F)cc3)c(NCC3CCCO3)n12. The van der Waals surface area contributed by atoms with Crippen molar-refractivity contribution in [3.8, 4) is 11.3 Å². The quantitative estimate of drug-likeness (QED) is 0.787. The average molecular weight is 325 g/mol. The highest BCUT2D eigenvalue weighted by Crippen LogP contribution is 2.30. The molecule has 1 aliphatic heterocycles. The molecule has 1 saturated heterocycles. The van der Waals surface area contributed by atoms with E-state index >= 15 is 0 Å². The Balaban J connectivity index is 1.77. The Kier molecular flexibility index (Phi) is 3.94. The van der Waals surface area contributed by atoms with Gasteiger partial charge in [-0.15, -0.1) is 0 Å². The second kappa shape index (κ2) is 6.24. The van der Waals surface area contributed by atoms with Crippen molar-refractivity contribution < 1.29 is 9.13 Å². The first-order valence-electron chi connectivity index (χ1n) is 8.32. The summed E-state index contributed by atoms with van der Waals surface area (Å²) in [5.41, 5.74) is 3.71. The van der Waals surface area contributed by atoms with Crippen LogP contribution in [0.4, 0.5) is 10.2 Å². The largest absolute Gasteiger partial charge is 0.376 e. The molecule has 1 fully saturated rings. The molecule has 4 rings (SSSR count). The van der Waals surface area contributed by atoms with Gasteiger partial charge in [0.15, 0.2) is 0 Å². The summed E-state index contributed by atoms with van der Waals surface area (Å²) in [4.78, 5) is 4.76. The van der Waals surface area contributed by atoms with Gasteiger partial charge in [-0.3, -0.25) is 4.40 Å². The van der Waals surface area contributed by atoms with Gasteiger partial charge < -0.3 is 10.1 Å². The zero-order chi connectivity index (χ0) is 16.5. The Labute approximate surface area is 140 Å². The van der Waals surface area contributed by atoms with Crippen LogP contribution in [0.2, 0.25) is 0 Å². The highest BCUT2D eigenvalue weighted by atomic mass is 19.1.